The van der Waals surface area contributed by atoms with Crippen LogP contribution >= 0.6 is 0 Å². The van der Waals surface area contributed by atoms with E-state index in [1.165, 1.54) is 19.1 Å². The molecule has 1 aromatic heterocycles. The highest BCUT2D eigenvalue weighted by atomic mass is 16.5. The zero-order chi connectivity index (χ0) is 20.9. The molecule has 1 aliphatic heterocycles. The van der Waals surface area contributed by atoms with Gasteiger partial charge in [-0.3, -0.25) is 14.5 Å². The van der Waals surface area contributed by atoms with Crippen LogP contribution in [0.25, 0.3) is 0 Å². The Morgan fingerprint density at radius 2 is 1.77 bits per heavy atom. The Labute approximate surface area is 177 Å². The lowest BCUT2D eigenvalue weighted by atomic mass is 10.0. The third-order valence-electron chi connectivity index (χ3n) is 6.08. The molecule has 0 bridgehead atoms. The molecular weight excluding hydrogens is 382 g/mol. The standard InChI is InChI=1S/C23H29N3O4/c1-29-19-10-8-17(9-11-19)21(22(27)24-18-5-2-3-6-18)25-12-14-26(15-13-25)23(28)20-7-4-16-30-20/h4,7-11,16,18,21H,2-3,5-6,12-15H2,1H3,(H,24,27). The van der Waals surface area contributed by atoms with Crippen LogP contribution < -0.4 is 10.1 Å². The monoisotopic (exact) mass is 411 g/mol. The van der Waals surface area contributed by atoms with Crippen molar-refractivity contribution in [3.8, 4) is 5.75 Å². The number of hydrogen-bond acceptors (Lipinski definition) is 5. The van der Waals surface area contributed by atoms with Crippen LogP contribution in [0.5, 0.6) is 5.75 Å². The van der Waals surface area contributed by atoms with Crippen molar-refractivity contribution in [2.24, 2.45) is 0 Å². The molecule has 1 unspecified atom stereocenters. The number of nitrogens with one attached hydrogen (secondary N) is 1. The van der Waals surface area contributed by atoms with Crippen molar-refractivity contribution in [3.63, 3.8) is 0 Å². The number of amides is 2. The second-order valence-electron chi connectivity index (χ2n) is 7.97. The van der Waals surface area contributed by atoms with E-state index in [-0.39, 0.29) is 23.9 Å². The second-order valence-corrected chi connectivity index (χ2v) is 7.97. The predicted octanol–water partition coefficient (Wildman–Crippen LogP) is 2.85. The summed E-state index contributed by atoms with van der Waals surface area (Å²) in [7, 11) is 1.63. The van der Waals surface area contributed by atoms with Gasteiger partial charge in [0.05, 0.1) is 13.4 Å². The number of nitrogens with zero attached hydrogens (tertiary/aromatic N) is 2. The Morgan fingerprint density at radius 3 is 2.37 bits per heavy atom. The van der Waals surface area contributed by atoms with E-state index in [1.54, 1.807) is 24.1 Å². The van der Waals surface area contributed by atoms with E-state index in [2.05, 4.69) is 10.2 Å². The highest BCUT2D eigenvalue weighted by molar-refractivity contribution is 5.91. The molecule has 2 amide bonds. The van der Waals surface area contributed by atoms with Crippen LogP contribution in [0.4, 0.5) is 0 Å². The highest BCUT2D eigenvalue weighted by Gasteiger charge is 2.33. The van der Waals surface area contributed by atoms with Crippen molar-refractivity contribution < 1.29 is 18.7 Å². The summed E-state index contributed by atoms with van der Waals surface area (Å²) in [5, 5.41) is 3.25. The number of rotatable bonds is 6. The van der Waals surface area contributed by atoms with E-state index < -0.39 is 0 Å². The van der Waals surface area contributed by atoms with E-state index in [4.69, 9.17) is 9.15 Å². The topological polar surface area (TPSA) is 75.0 Å². The summed E-state index contributed by atoms with van der Waals surface area (Å²) >= 11 is 0. The average Bonchev–Trinajstić information content (AvgIpc) is 3.49. The molecule has 160 valence electrons. The molecule has 2 heterocycles. The van der Waals surface area contributed by atoms with E-state index in [9.17, 15) is 9.59 Å². The first-order valence-corrected chi connectivity index (χ1v) is 10.7. The fourth-order valence-electron chi connectivity index (χ4n) is 4.40. The maximum atomic E-state index is 13.3. The Bertz CT molecular complexity index is 836. The van der Waals surface area contributed by atoms with Crippen molar-refractivity contribution in [3.05, 3.63) is 54.0 Å². The van der Waals surface area contributed by atoms with E-state index >= 15 is 0 Å². The minimum atomic E-state index is -0.377. The second kappa shape index (κ2) is 9.34. The maximum absolute atomic E-state index is 13.3. The highest BCUT2D eigenvalue weighted by Crippen LogP contribution is 2.27. The quantitative estimate of drug-likeness (QED) is 0.791. The van der Waals surface area contributed by atoms with E-state index in [0.717, 1.165) is 24.2 Å². The summed E-state index contributed by atoms with van der Waals surface area (Å²) in [6.45, 7) is 2.37. The SMILES string of the molecule is COc1ccc(C(C(=O)NC2CCCC2)N2CCN(C(=O)c3ccco3)CC2)cc1. The Balaban J connectivity index is 1.47. The summed E-state index contributed by atoms with van der Waals surface area (Å²) in [6.07, 6.45) is 5.95. The molecule has 7 heteroatoms. The molecule has 1 saturated carbocycles. The first-order chi connectivity index (χ1) is 14.7. The van der Waals surface area contributed by atoms with Crippen LogP contribution in [0.3, 0.4) is 0 Å². The van der Waals surface area contributed by atoms with Crippen LogP contribution in [0, 0.1) is 0 Å². The van der Waals surface area contributed by atoms with Gasteiger partial charge in [0.25, 0.3) is 5.91 Å². The number of methoxy groups -OCH3 is 1. The summed E-state index contributed by atoms with van der Waals surface area (Å²) in [6, 6.07) is 11.0. The summed E-state index contributed by atoms with van der Waals surface area (Å²) in [5.74, 6) is 1.06. The molecule has 2 aromatic rings. The minimum Gasteiger partial charge on any atom is -0.497 e. The zero-order valence-corrected chi connectivity index (χ0v) is 17.4. The summed E-state index contributed by atoms with van der Waals surface area (Å²) < 4.78 is 10.5. The normalized spacial score (nSPS) is 18.9. The molecule has 2 fully saturated rings. The molecule has 1 N–H and O–H groups in total. The average molecular weight is 412 g/mol. The lowest BCUT2D eigenvalue weighted by Crippen LogP contribution is -2.53. The molecule has 7 nitrogen and oxygen atoms in total. The number of benzene rings is 1. The third kappa shape index (κ3) is 4.51. The van der Waals surface area contributed by atoms with Crippen LogP contribution in [-0.2, 0) is 4.79 Å². The fourth-order valence-corrected chi connectivity index (χ4v) is 4.40. The van der Waals surface area contributed by atoms with E-state index in [0.29, 0.717) is 31.9 Å². The Morgan fingerprint density at radius 1 is 1.07 bits per heavy atom. The van der Waals surface area contributed by atoms with Crippen LogP contribution in [0.15, 0.2) is 47.1 Å². The van der Waals surface area contributed by atoms with Crippen molar-refractivity contribution in [1.29, 1.82) is 0 Å². The van der Waals surface area contributed by atoms with Crippen molar-refractivity contribution >= 4 is 11.8 Å². The maximum Gasteiger partial charge on any atom is 0.289 e. The number of carbonyl (C=O) groups excluding carboxylic acids is 2. The fraction of sp³-hybridized carbons (Fsp3) is 0.478. The van der Waals surface area contributed by atoms with Gasteiger partial charge in [-0.15, -0.1) is 0 Å². The number of hydrogen-bond donors (Lipinski definition) is 1. The molecule has 0 spiro atoms. The first kappa shape index (κ1) is 20.5. The molecule has 2 aliphatic rings. The van der Waals surface area contributed by atoms with Gasteiger partial charge < -0.3 is 19.4 Å². The van der Waals surface area contributed by atoms with E-state index in [1.807, 2.05) is 24.3 Å². The minimum absolute atomic E-state index is 0.0397. The molecule has 1 saturated heterocycles. The smallest absolute Gasteiger partial charge is 0.289 e. The predicted molar refractivity (Wildman–Crippen MR) is 112 cm³/mol. The lowest BCUT2D eigenvalue weighted by molar-refractivity contribution is -0.128. The van der Waals surface area contributed by atoms with Gasteiger partial charge in [-0.2, -0.15) is 0 Å². The van der Waals surface area contributed by atoms with Crippen LogP contribution in [0.2, 0.25) is 0 Å². The molecule has 30 heavy (non-hydrogen) atoms. The first-order valence-electron chi connectivity index (χ1n) is 10.7. The van der Waals surface area contributed by atoms with Gasteiger partial charge in [0.1, 0.15) is 11.8 Å². The summed E-state index contributed by atoms with van der Waals surface area (Å²) in [4.78, 5) is 29.8. The molecular formula is C23H29N3O4. The largest absolute Gasteiger partial charge is 0.497 e. The summed E-state index contributed by atoms with van der Waals surface area (Å²) in [5.41, 5.74) is 0.942. The van der Waals surface area contributed by atoms with Crippen LogP contribution in [-0.4, -0.2) is 60.9 Å². The third-order valence-corrected chi connectivity index (χ3v) is 6.08. The lowest BCUT2D eigenvalue weighted by Gasteiger charge is -2.38. The number of ether oxygens (including phenoxy) is 1. The molecule has 1 atom stereocenters. The number of furan rings is 1. The number of carbonyl (C=O) groups is 2. The zero-order valence-electron chi connectivity index (χ0n) is 17.4. The van der Waals surface area contributed by atoms with Gasteiger partial charge in [0.2, 0.25) is 5.91 Å². The van der Waals surface area contributed by atoms with Crippen molar-refractivity contribution in [2.45, 2.75) is 37.8 Å². The van der Waals surface area contributed by atoms with Gasteiger partial charge in [-0.25, -0.2) is 0 Å². The van der Waals surface area contributed by atoms with Gasteiger partial charge in [0.15, 0.2) is 5.76 Å². The number of piperazine rings is 1. The molecule has 4 rings (SSSR count). The van der Waals surface area contributed by atoms with Gasteiger partial charge in [-0.05, 0) is 42.7 Å². The van der Waals surface area contributed by atoms with Gasteiger partial charge in [0, 0.05) is 32.2 Å². The van der Waals surface area contributed by atoms with Gasteiger partial charge in [-0.1, -0.05) is 25.0 Å². The molecule has 0 radical (unpaired) electrons. The Hall–Kier alpha value is -2.80. The Kier molecular flexibility index (Phi) is 6.38. The molecule has 1 aliphatic carbocycles. The van der Waals surface area contributed by atoms with Crippen LogP contribution in [0.1, 0.15) is 47.8 Å². The van der Waals surface area contributed by atoms with Crippen molar-refractivity contribution in [1.82, 2.24) is 15.1 Å². The van der Waals surface area contributed by atoms with Gasteiger partial charge >= 0.3 is 0 Å². The van der Waals surface area contributed by atoms with Crippen molar-refractivity contribution in [2.75, 3.05) is 33.3 Å². The molecule has 1 aromatic carbocycles.